The van der Waals surface area contributed by atoms with Gasteiger partial charge in [-0.15, -0.1) is 0 Å². The van der Waals surface area contributed by atoms with Crippen LogP contribution >= 0.6 is 0 Å². The molecule has 1 saturated heterocycles. The molecule has 0 atom stereocenters. The van der Waals surface area contributed by atoms with Gasteiger partial charge in [0.2, 0.25) is 11.8 Å². The molecule has 1 aliphatic heterocycles. The fourth-order valence-corrected chi connectivity index (χ4v) is 4.55. The zero-order valence-corrected chi connectivity index (χ0v) is 18.4. The zero-order chi connectivity index (χ0) is 22.6. The molecule has 0 bridgehead atoms. The van der Waals surface area contributed by atoms with Crippen molar-refractivity contribution < 1.29 is 19.1 Å². The molecule has 0 unspecified atom stereocenters. The Labute approximate surface area is 188 Å². The first-order chi connectivity index (χ1) is 15.6. The average molecular weight is 430 g/mol. The Morgan fingerprint density at radius 2 is 1.12 bits per heavy atom. The number of amides is 2. The third-order valence-corrected chi connectivity index (χ3v) is 5.73. The van der Waals surface area contributed by atoms with Crippen LogP contribution in [0.5, 0.6) is 11.5 Å². The van der Waals surface area contributed by atoms with E-state index in [4.69, 9.17) is 9.47 Å². The Kier molecular flexibility index (Phi) is 6.26. The largest absolute Gasteiger partial charge is 0.493 e. The van der Waals surface area contributed by atoms with Crippen LogP contribution in [0.1, 0.15) is 43.4 Å². The van der Waals surface area contributed by atoms with E-state index >= 15 is 0 Å². The summed E-state index contributed by atoms with van der Waals surface area (Å²) in [6.45, 7) is 4.75. The summed E-state index contributed by atoms with van der Waals surface area (Å²) in [7, 11) is 0. The highest BCUT2D eigenvalue weighted by Gasteiger charge is 2.52. The summed E-state index contributed by atoms with van der Waals surface area (Å²) in [5.41, 5.74) is 1.01. The number of benzene rings is 3. The molecular formula is C27H27NO4. The molecule has 1 heterocycles. The van der Waals surface area contributed by atoms with Gasteiger partial charge in [-0.1, -0.05) is 66.7 Å². The van der Waals surface area contributed by atoms with Crippen molar-refractivity contribution in [2.45, 2.75) is 32.2 Å². The number of carbonyl (C=O) groups excluding carboxylic acids is 2. The van der Waals surface area contributed by atoms with Crippen LogP contribution in [-0.4, -0.2) is 29.9 Å². The molecule has 0 spiro atoms. The minimum atomic E-state index is -1.23. The Morgan fingerprint density at radius 3 is 1.59 bits per heavy atom. The van der Waals surface area contributed by atoms with Crippen LogP contribution in [0.4, 0.5) is 0 Å². The lowest BCUT2D eigenvalue weighted by atomic mass is 9.74. The summed E-state index contributed by atoms with van der Waals surface area (Å²) in [4.78, 5) is 28.0. The van der Waals surface area contributed by atoms with Crippen molar-refractivity contribution in [3.8, 4) is 11.5 Å². The summed E-state index contributed by atoms with van der Waals surface area (Å²) in [6.07, 6.45) is 0.363. The summed E-state index contributed by atoms with van der Waals surface area (Å²) in [5.74, 6) is 0.822. The van der Waals surface area contributed by atoms with E-state index < -0.39 is 5.54 Å². The molecule has 3 aromatic rings. The van der Waals surface area contributed by atoms with E-state index in [1.807, 2.05) is 92.7 Å². The van der Waals surface area contributed by atoms with Gasteiger partial charge in [-0.05, 0) is 31.5 Å². The summed E-state index contributed by atoms with van der Waals surface area (Å²) in [5, 5.41) is 0. The molecule has 0 aromatic heterocycles. The first-order valence-corrected chi connectivity index (χ1v) is 11.0. The Balaban J connectivity index is 2.17. The molecule has 4 rings (SSSR count). The lowest BCUT2D eigenvalue weighted by molar-refractivity contribution is -0.143. The van der Waals surface area contributed by atoms with E-state index in [0.29, 0.717) is 24.7 Å². The van der Waals surface area contributed by atoms with Crippen LogP contribution in [0.3, 0.4) is 0 Å². The zero-order valence-electron chi connectivity index (χ0n) is 18.4. The lowest BCUT2D eigenvalue weighted by Gasteiger charge is -2.43. The molecule has 32 heavy (non-hydrogen) atoms. The van der Waals surface area contributed by atoms with Crippen molar-refractivity contribution >= 4 is 11.8 Å². The number of nitrogens with zero attached hydrogens (tertiary/aromatic N) is 1. The maximum atomic E-state index is 13.3. The molecule has 0 saturated carbocycles. The molecular weight excluding hydrogens is 402 g/mol. The second kappa shape index (κ2) is 9.27. The quantitative estimate of drug-likeness (QED) is 0.377. The van der Waals surface area contributed by atoms with Gasteiger partial charge >= 0.3 is 0 Å². The van der Waals surface area contributed by atoms with Gasteiger partial charge in [0.25, 0.3) is 0 Å². The molecule has 5 heteroatoms. The van der Waals surface area contributed by atoms with Crippen molar-refractivity contribution in [2.24, 2.45) is 0 Å². The van der Waals surface area contributed by atoms with E-state index in [2.05, 4.69) is 0 Å². The minimum absolute atomic E-state index is 0.182. The van der Waals surface area contributed by atoms with E-state index in [9.17, 15) is 9.59 Å². The number of hydrogen-bond acceptors (Lipinski definition) is 4. The predicted octanol–water partition coefficient (Wildman–Crippen LogP) is 4.92. The highest BCUT2D eigenvalue weighted by Crippen LogP contribution is 2.50. The minimum Gasteiger partial charge on any atom is -0.493 e. The van der Waals surface area contributed by atoms with Crippen molar-refractivity contribution in [1.82, 2.24) is 4.90 Å². The van der Waals surface area contributed by atoms with Crippen molar-refractivity contribution in [3.05, 3.63) is 95.6 Å². The second-order valence-electron chi connectivity index (χ2n) is 7.56. The van der Waals surface area contributed by atoms with Crippen LogP contribution in [-0.2, 0) is 15.1 Å². The van der Waals surface area contributed by atoms with E-state index in [-0.39, 0.29) is 24.7 Å². The molecule has 164 valence electrons. The van der Waals surface area contributed by atoms with Crippen molar-refractivity contribution in [1.29, 1.82) is 0 Å². The standard InChI is InChI=1S/C27H27NO4/c1-3-31-23-16-10-8-14-21(23)27(20-12-6-5-7-13-20,28-25(29)18-19-26(28)30)22-15-9-11-17-24(22)32-4-2/h5-17H,3-4,18-19H2,1-2H3. The van der Waals surface area contributed by atoms with Crippen molar-refractivity contribution in [2.75, 3.05) is 13.2 Å². The van der Waals surface area contributed by atoms with E-state index in [0.717, 1.165) is 16.7 Å². The first kappa shape index (κ1) is 21.6. The van der Waals surface area contributed by atoms with Gasteiger partial charge in [0.15, 0.2) is 0 Å². The molecule has 1 fully saturated rings. The number of likely N-dealkylation sites (tertiary alicyclic amines) is 1. The molecule has 2 amide bonds. The third-order valence-electron chi connectivity index (χ3n) is 5.73. The van der Waals surface area contributed by atoms with Crippen LogP contribution in [0.2, 0.25) is 0 Å². The van der Waals surface area contributed by atoms with Gasteiger partial charge in [0, 0.05) is 24.0 Å². The van der Waals surface area contributed by atoms with Gasteiger partial charge in [0.05, 0.1) is 13.2 Å². The fraction of sp³-hybridized carbons (Fsp3) is 0.259. The van der Waals surface area contributed by atoms with Gasteiger partial charge in [-0.25, -0.2) is 0 Å². The molecule has 0 aliphatic carbocycles. The highest BCUT2D eigenvalue weighted by atomic mass is 16.5. The number of carbonyl (C=O) groups is 2. The normalized spacial score (nSPS) is 14.0. The van der Waals surface area contributed by atoms with Crippen LogP contribution in [0.25, 0.3) is 0 Å². The maximum Gasteiger partial charge on any atom is 0.231 e. The highest BCUT2D eigenvalue weighted by molar-refractivity contribution is 6.04. The first-order valence-electron chi connectivity index (χ1n) is 11.0. The Hall–Kier alpha value is -3.60. The number of hydrogen-bond donors (Lipinski definition) is 0. The Bertz CT molecular complexity index is 1040. The van der Waals surface area contributed by atoms with Gasteiger partial charge in [-0.2, -0.15) is 0 Å². The molecule has 0 N–H and O–H groups in total. The molecule has 0 radical (unpaired) electrons. The topological polar surface area (TPSA) is 55.8 Å². The second-order valence-corrected chi connectivity index (χ2v) is 7.56. The summed E-state index contributed by atoms with van der Waals surface area (Å²) in [6, 6.07) is 24.9. The molecule has 5 nitrogen and oxygen atoms in total. The molecule has 3 aromatic carbocycles. The van der Waals surface area contributed by atoms with Crippen LogP contribution < -0.4 is 9.47 Å². The van der Waals surface area contributed by atoms with Gasteiger partial charge < -0.3 is 9.47 Å². The van der Waals surface area contributed by atoms with Crippen molar-refractivity contribution in [3.63, 3.8) is 0 Å². The smallest absolute Gasteiger partial charge is 0.231 e. The monoisotopic (exact) mass is 429 g/mol. The SMILES string of the molecule is CCOc1ccccc1C(c1ccccc1)(c1ccccc1OCC)N1C(=O)CCC1=O. The fourth-order valence-electron chi connectivity index (χ4n) is 4.55. The predicted molar refractivity (Wildman–Crippen MR) is 123 cm³/mol. The van der Waals surface area contributed by atoms with Gasteiger partial charge in [0.1, 0.15) is 17.0 Å². The Morgan fingerprint density at radius 1 is 0.688 bits per heavy atom. The van der Waals surface area contributed by atoms with Crippen LogP contribution in [0.15, 0.2) is 78.9 Å². The van der Waals surface area contributed by atoms with Crippen LogP contribution in [0, 0.1) is 0 Å². The summed E-state index contributed by atoms with van der Waals surface area (Å²) < 4.78 is 12.1. The molecule has 1 aliphatic rings. The van der Waals surface area contributed by atoms with Gasteiger partial charge in [-0.3, -0.25) is 14.5 Å². The van der Waals surface area contributed by atoms with E-state index in [1.54, 1.807) is 0 Å². The number of para-hydroxylation sites is 2. The number of ether oxygens (including phenoxy) is 2. The maximum absolute atomic E-state index is 13.3. The number of rotatable bonds is 8. The van der Waals surface area contributed by atoms with E-state index in [1.165, 1.54) is 4.90 Å². The lowest BCUT2D eigenvalue weighted by Crippen LogP contribution is -2.51. The average Bonchev–Trinajstić information content (AvgIpc) is 3.16. The number of imide groups is 1. The summed E-state index contributed by atoms with van der Waals surface area (Å²) >= 11 is 0. The third kappa shape index (κ3) is 3.54.